The number of nitrogens with zero attached hydrogens (tertiary/aromatic N) is 3. The van der Waals surface area contributed by atoms with E-state index in [0.717, 1.165) is 36.2 Å². The van der Waals surface area contributed by atoms with E-state index < -0.39 is 0 Å². The van der Waals surface area contributed by atoms with Gasteiger partial charge >= 0.3 is 0 Å². The highest BCUT2D eigenvalue weighted by Crippen LogP contribution is 2.24. The van der Waals surface area contributed by atoms with Crippen molar-refractivity contribution in [2.45, 2.75) is 38.1 Å². The first-order chi connectivity index (χ1) is 9.09. The van der Waals surface area contributed by atoms with Crippen LogP contribution in [0.2, 0.25) is 0 Å². The van der Waals surface area contributed by atoms with Gasteiger partial charge in [0.25, 0.3) is 0 Å². The Morgan fingerprint density at radius 3 is 3.00 bits per heavy atom. The van der Waals surface area contributed by atoms with Crippen LogP contribution in [-0.2, 0) is 11.3 Å². The van der Waals surface area contributed by atoms with Crippen LogP contribution in [0, 0.1) is 0 Å². The number of aromatic nitrogens is 3. The van der Waals surface area contributed by atoms with E-state index in [4.69, 9.17) is 17.3 Å². The average molecular weight is 281 g/mol. The second kappa shape index (κ2) is 6.02. The number of imidazole rings is 1. The molecular weight excluding hydrogens is 264 g/mol. The molecule has 1 unspecified atom stereocenters. The number of fused-ring (bicyclic) bond motifs is 1. The summed E-state index contributed by atoms with van der Waals surface area (Å²) in [6.07, 6.45) is 5.54. The maximum atomic E-state index is 10.7. The zero-order chi connectivity index (χ0) is 13.8. The zero-order valence-electron chi connectivity index (χ0n) is 10.8. The first-order valence-electron chi connectivity index (χ1n) is 6.32. The van der Waals surface area contributed by atoms with Gasteiger partial charge in [-0.25, -0.2) is 4.98 Å². The molecule has 0 saturated heterocycles. The largest absolute Gasteiger partial charge is 0.370 e. The minimum absolute atomic E-state index is 0.163. The Hall–Kier alpha value is -1.62. The van der Waals surface area contributed by atoms with E-state index in [-0.39, 0.29) is 11.3 Å². The summed E-state index contributed by atoms with van der Waals surface area (Å²) in [5.41, 5.74) is 7.00. The fourth-order valence-corrected chi connectivity index (χ4v) is 2.27. The second-order valence-electron chi connectivity index (χ2n) is 4.53. The van der Waals surface area contributed by atoms with Crippen molar-refractivity contribution < 1.29 is 4.79 Å². The molecule has 0 aliphatic heterocycles. The van der Waals surface area contributed by atoms with Gasteiger partial charge in [-0.15, -0.1) is 11.6 Å². The summed E-state index contributed by atoms with van der Waals surface area (Å²) >= 11 is 6.17. The molecule has 2 N–H and O–H groups in total. The van der Waals surface area contributed by atoms with Gasteiger partial charge in [0.1, 0.15) is 11.3 Å². The number of primary amides is 1. The molecule has 1 atom stereocenters. The van der Waals surface area contributed by atoms with Gasteiger partial charge in [0.2, 0.25) is 5.91 Å². The van der Waals surface area contributed by atoms with Crippen molar-refractivity contribution in [1.29, 1.82) is 0 Å². The summed E-state index contributed by atoms with van der Waals surface area (Å²) in [5.74, 6) is 0.578. The third-order valence-electron chi connectivity index (χ3n) is 2.99. The molecule has 0 saturated carbocycles. The number of unbranched alkanes of at least 4 members (excludes halogenated alkanes) is 1. The number of carbonyl (C=O) groups is 1. The van der Waals surface area contributed by atoms with E-state index in [2.05, 4.69) is 14.5 Å². The minimum Gasteiger partial charge on any atom is -0.370 e. The van der Waals surface area contributed by atoms with Gasteiger partial charge in [0.15, 0.2) is 0 Å². The number of nitrogens with two attached hydrogens (primary N) is 1. The Morgan fingerprint density at radius 2 is 2.32 bits per heavy atom. The number of amides is 1. The van der Waals surface area contributed by atoms with E-state index in [1.165, 1.54) is 0 Å². The van der Waals surface area contributed by atoms with Crippen LogP contribution >= 0.6 is 11.6 Å². The summed E-state index contributed by atoms with van der Waals surface area (Å²) in [5, 5.41) is -0.163. The van der Waals surface area contributed by atoms with E-state index in [0.29, 0.717) is 6.42 Å². The SMILES string of the molecule is CC(Cl)c1nc2cnccc2n1CCCCC(N)=O. The van der Waals surface area contributed by atoms with Gasteiger partial charge in [-0.05, 0) is 25.8 Å². The highest BCUT2D eigenvalue weighted by atomic mass is 35.5. The molecule has 0 aliphatic rings. The van der Waals surface area contributed by atoms with Crippen LogP contribution in [-0.4, -0.2) is 20.4 Å². The van der Waals surface area contributed by atoms with Crippen molar-refractivity contribution >= 4 is 28.5 Å². The number of carbonyl (C=O) groups excluding carboxylic acids is 1. The molecule has 0 aliphatic carbocycles. The smallest absolute Gasteiger partial charge is 0.217 e. The van der Waals surface area contributed by atoms with E-state index in [1.54, 1.807) is 12.4 Å². The highest BCUT2D eigenvalue weighted by molar-refractivity contribution is 6.20. The molecule has 6 heteroatoms. The summed E-state index contributed by atoms with van der Waals surface area (Å²) in [6, 6.07) is 1.93. The number of alkyl halides is 1. The Morgan fingerprint density at radius 1 is 1.53 bits per heavy atom. The molecular formula is C13H17ClN4O. The lowest BCUT2D eigenvalue weighted by Crippen LogP contribution is -2.11. The predicted octanol–water partition coefficient (Wildman–Crippen LogP) is 2.39. The fourth-order valence-electron chi connectivity index (χ4n) is 2.11. The standard InChI is InChI=1S/C13H17ClN4O/c1-9(14)13-17-10-8-16-6-5-11(10)18(13)7-3-2-4-12(15)19/h5-6,8-9H,2-4,7H2,1H3,(H2,15,19). The van der Waals surface area contributed by atoms with Crippen LogP contribution in [0.1, 0.15) is 37.4 Å². The summed E-state index contributed by atoms with van der Waals surface area (Å²) in [7, 11) is 0. The predicted molar refractivity (Wildman–Crippen MR) is 74.8 cm³/mol. The molecule has 2 heterocycles. The lowest BCUT2D eigenvalue weighted by molar-refractivity contribution is -0.118. The molecule has 2 aromatic heterocycles. The molecule has 0 aromatic carbocycles. The Balaban J connectivity index is 2.19. The number of halogens is 1. The van der Waals surface area contributed by atoms with Gasteiger partial charge in [0.05, 0.1) is 17.1 Å². The third-order valence-corrected chi connectivity index (χ3v) is 3.19. The molecule has 0 radical (unpaired) electrons. The van der Waals surface area contributed by atoms with Crippen molar-refractivity contribution in [3.8, 4) is 0 Å². The van der Waals surface area contributed by atoms with Gasteiger partial charge in [0, 0.05) is 19.2 Å². The molecule has 5 nitrogen and oxygen atoms in total. The zero-order valence-corrected chi connectivity index (χ0v) is 11.6. The maximum Gasteiger partial charge on any atom is 0.217 e. The average Bonchev–Trinajstić information content (AvgIpc) is 2.73. The number of rotatable bonds is 6. The number of hydrogen-bond acceptors (Lipinski definition) is 3. The van der Waals surface area contributed by atoms with Crippen LogP contribution in [0.4, 0.5) is 0 Å². The Bertz CT molecular complexity index is 579. The molecule has 1 amide bonds. The minimum atomic E-state index is -0.259. The quantitative estimate of drug-likeness (QED) is 0.652. The summed E-state index contributed by atoms with van der Waals surface area (Å²) < 4.78 is 2.09. The van der Waals surface area contributed by atoms with Gasteiger partial charge in [-0.3, -0.25) is 9.78 Å². The maximum absolute atomic E-state index is 10.7. The Labute approximate surface area is 116 Å². The van der Waals surface area contributed by atoms with Gasteiger partial charge in [-0.1, -0.05) is 0 Å². The van der Waals surface area contributed by atoms with Crippen molar-refractivity contribution in [3.63, 3.8) is 0 Å². The van der Waals surface area contributed by atoms with Crippen LogP contribution in [0.25, 0.3) is 11.0 Å². The van der Waals surface area contributed by atoms with Crippen molar-refractivity contribution in [2.75, 3.05) is 0 Å². The molecule has 19 heavy (non-hydrogen) atoms. The fraction of sp³-hybridized carbons (Fsp3) is 0.462. The van der Waals surface area contributed by atoms with E-state index >= 15 is 0 Å². The molecule has 0 spiro atoms. The lowest BCUT2D eigenvalue weighted by atomic mass is 10.2. The van der Waals surface area contributed by atoms with Crippen LogP contribution in [0.15, 0.2) is 18.5 Å². The van der Waals surface area contributed by atoms with Crippen LogP contribution < -0.4 is 5.73 Å². The second-order valence-corrected chi connectivity index (χ2v) is 5.18. The Kier molecular flexibility index (Phi) is 4.37. The van der Waals surface area contributed by atoms with Gasteiger partial charge in [-0.2, -0.15) is 0 Å². The lowest BCUT2D eigenvalue weighted by Gasteiger charge is -2.10. The summed E-state index contributed by atoms with van der Waals surface area (Å²) in [4.78, 5) is 19.3. The normalized spacial score (nSPS) is 12.7. The van der Waals surface area contributed by atoms with E-state index in [9.17, 15) is 4.79 Å². The summed E-state index contributed by atoms with van der Waals surface area (Å²) in [6.45, 7) is 2.68. The molecule has 0 fully saturated rings. The monoisotopic (exact) mass is 280 g/mol. The molecule has 2 aromatic rings. The third kappa shape index (κ3) is 3.23. The topological polar surface area (TPSA) is 73.8 Å². The molecule has 2 rings (SSSR count). The number of aryl methyl sites for hydroxylation is 1. The van der Waals surface area contributed by atoms with Crippen molar-refractivity contribution in [3.05, 3.63) is 24.3 Å². The first kappa shape index (κ1) is 13.8. The van der Waals surface area contributed by atoms with Crippen molar-refractivity contribution in [2.24, 2.45) is 5.73 Å². The van der Waals surface area contributed by atoms with E-state index in [1.807, 2.05) is 13.0 Å². The first-order valence-corrected chi connectivity index (χ1v) is 6.75. The van der Waals surface area contributed by atoms with Crippen LogP contribution in [0.3, 0.4) is 0 Å². The highest BCUT2D eigenvalue weighted by Gasteiger charge is 2.14. The molecule has 102 valence electrons. The van der Waals surface area contributed by atoms with Crippen molar-refractivity contribution in [1.82, 2.24) is 14.5 Å². The number of hydrogen-bond donors (Lipinski definition) is 1. The number of pyridine rings is 1. The van der Waals surface area contributed by atoms with Crippen LogP contribution in [0.5, 0.6) is 0 Å². The van der Waals surface area contributed by atoms with Gasteiger partial charge < -0.3 is 10.3 Å². The molecule has 0 bridgehead atoms.